The van der Waals surface area contributed by atoms with Gasteiger partial charge in [0.05, 0.1) is 6.07 Å². The second-order valence-corrected chi connectivity index (χ2v) is 3.69. The van der Waals surface area contributed by atoms with Crippen molar-refractivity contribution in [3.05, 3.63) is 0 Å². The minimum Gasteiger partial charge on any atom is -0.299 e. The van der Waals surface area contributed by atoms with Crippen molar-refractivity contribution in [2.75, 3.05) is 32.7 Å². The van der Waals surface area contributed by atoms with Crippen LogP contribution in [-0.4, -0.2) is 48.6 Å². The van der Waals surface area contributed by atoms with Crippen molar-refractivity contribution < 1.29 is 0 Å². The zero-order chi connectivity index (χ0) is 9.68. The Morgan fingerprint density at radius 2 is 2.23 bits per heavy atom. The van der Waals surface area contributed by atoms with Crippen molar-refractivity contribution in [3.63, 3.8) is 0 Å². The highest BCUT2D eigenvalue weighted by Crippen LogP contribution is 2.08. The van der Waals surface area contributed by atoms with E-state index in [1.807, 2.05) is 0 Å². The van der Waals surface area contributed by atoms with Crippen molar-refractivity contribution in [1.29, 1.82) is 5.26 Å². The van der Waals surface area contributed by atoms with Crippen LogP contribution in [0.15, 0.2) is 0 Å². The highest BCUT2D eigenvalue weighted by Gasteiger charge is 2.21. The van der Waals surface area contributed by atoms with Crippen molar-refractivity contribution in [2.45, 2.75) is 26.3 Å². The van der Waals surface area contributed by atoms with Gasteiger partial charge in [-0.3, -0.25) is 9.80 Å². The maximum Gasteiger partial charge on any atom is 0.0635 e. The van der Waals surface area contributed by atoms with Crippen LogP contribution in [-0.2, 0) is 0 Å². The predicted molar refractivity (Wildman–Crippen MR) is 53.4 cm³/mol. The van der Waals surface area contributed by atoms with Gasteiger partial charge in [0.2, 0.25) is 0 Å². The average molecular weight is 181 g/mol. The van der Waals surface area contributed by atoms with Crippen LogP contribution in [0, 0.1) is 11.3 Å². The summed E-state index contributed by atoms with van der Waals surface area (Å²) in [4.78, 5) is 4.88. The summed E-state index contributed by atoms with van der Waals surface area (Å²) in [5.41, 5.74) is 0. The van der Waals surface area contributed by atoms with Gasteiger partial charge in [-0.25, -0.2) is 0 Å². The fourth-order valence-electron chi connectivity index (χ4n) is 1.95. The Morgan fingerprint density at radius 3 is 2.77 bits per heavy atom. The standard InChI is InChI=1S/C10H19N3/c1-3-13-8-7-12(6-4-5-11)9-10(13)2/h10H,3-4,6-9H2,1-2H3. The van der Waals surface area contributed by atoms with Crippen molar-refractivity contribution in [1.82, 2.24) is 9.80 Å². The van der Waals surface area contributed by atoms with E-state index in [9.17, 15) is 0 Å². The third-order valence-corrected chi connectivity index (χ3v) is 2.80. The number of rotatable bonds is 3. The molecule has 0 spiro atoms. The van der Waals surface area contributed by atoms with E-state index < -0.39 is 0 Å². The summed E-state index contributed by atoms with van der Waals surface area (Å²) in [6.07, 6.45) is 0.666. The normalized spacial score (nSPS) is 25.8. The molecule has 1 rings (SSSR count). The molecule has 1 heterocycles. The summed E-state index contributed by atoms with van der Waals surface area (Å²) in [5, 5.41) is 8.47. The van der Waals surface area contributed by atoms with Crippen molar-refractivity contribution in [3.8, 4) is 6.07 Å². The molecule has 3 nitrogen and oxygen atoms in total. The van der Waals surface area contributed by atoms with E-state index >= 15 is 0 Å². The first-order chi connectivity index (χ1) is 6.27. The molecule has 0 N–H and O–H groups in total. The van der Waals surface area contributed by atoms with Crippen LogP contribution >= 0.6 is 0 Å². The fourth-order valence-corrected chi connectivity index (χ4v) is 1.95. The molecule has 0 aromatic heterocycles. The zero-order valence-electron chi connectivity index (χ0n) is 8.66. The van der Waals surface area contributed by atoms with Gasteiger partial charge in [-0.2, -0.15) is 5.26 Å². The zero-order valence-corrected chi connectivity index (χ0v) is 8.66. The molecule has 0 saturated carbocycles. The minimum absolute atomic E-state index is 0.650. The first-order valence-electron chi connectivity index (χ1n) is 5.11. The van der Waals surface area contributed by atoms with Crippen LogP contribution in [0.4, 0.5) is 0 Å². The number of hydrogen-bond acceptors (Lipinski definition) is 3. The molecule has 1 fully saturated rings. The first kappa shape index (κ1) is 10.5. The van der Waals surface area contributed by atoms with E-state index in [4.69, 9.17) is 5.26 Å². The van der Waals surface area contributed by atoms with Gasteiger partial charge in [0.15, 0.2) is 0 Å². The lowest BCUT2D eigenvalue weighted by molar-refractivity contribution is 0.0897. The molecular formula is C10H19N3. The quantitative estimate of drug-likeness (QED) is 0.649. The molecule has 1 atom stereocenters. The molecule has 0 aromatic carbocycles. The summed E-state index contributed by atoms with van der Waals surface area (Å²) in [5.74, 6) is 0. The Hall–Kier alpha value is -0.590. The molecular weight excluding hydrogens is 162 g/mol. The van der Waals surface area contributed by atoms with Gasteiger partial charge in [-0.15, -0.1) is 0 Å². The lowest BCUT2D eigenvalue weighted by Crippen LogP contribution is -2.51. The van der Waals surface area contributed by atoms with Crippen molar-refractivity contribution >= 4 is 0 Å². The molecule has 0 bridgehead atoms. The van der Waals surface area contributed by atoms with E-state index in [2.05, 4.69) is 29.7 Å². The van der Waals surface area contributed by atoms with Crippen LogP contribution in [0.2, 0.25) is 0 Å². The summed E-state index contributed by atoms with van der Waals surface area (Å²) in [6, 6.07) is 2.85. The van der Waals surface area contributed by atoms with Gasteiger partial charge in [-0.05, 0) is 13.5 Å². The number of likely N-dealkylation sites (N-methyl/N-ethyl adjacent to an activating group) is 1. The Labute approximate surface area is 80.9 Å². The topological polar surface area (TPSA) is 30.3 Å². The maximum atomic E-state index is 8.47. The Balaban J connectivity index is 2.29. The summed E-state index contributed by atoms with van der Waals surface area (Å²) in [7, 11) is 0. The summed E-state index contributed by atoms with van der Waals surface area (Å²) < 4.78 is 0. The number of piperazine rings is 1. The number of nitrogens with zero attached hydrogens (tertiary/aromatic N) is 3. The molecule has 74 valence electrons. The van der Waals surface area contributed by atoms with Crippen LogP contribution in [0.1, 0.15) is 20.3 Å². The monoisotopic (exact) mass is 181 g/mol. The average Bonchev–Trinajstić information content (AvgIpc) is 2.15. The first-order valence-corrected chi connectivity index (χ1v) is 5.11. The van der Waals surface area contributed by atoms with Gasteiger partial charge in [0.1, 0.15) is 0 Å². The molecule has 0 aliphatic carbocycles. The molecule has 0 aromatic rings. The number of nitriles is 1. The molecule has 0 radical (unpaired) electrons. The van der Waals surface area contributed by atoms with Gasteiger partial charge in [0.25, 0.3) is 0 Å². The largest absolute Gasteiger partial charge is 0.299 e. The van der Waals surface area contributed by atoms with E-state index in [1.54, 1.807) is 0 Å². The van der Waals surface area contributed by atoms with Crippen molar-refractivity contribution in [2.24, 2.45) is 0 Å². The Morgan fingerprint density at radius 1 is 1.46 bits per heavy atom. The van der Waals surface area contributed by atoms with Crippen LogP contribution in [0.25, 0.3) is 0 Å². The third kappa shape index (κ3) is 2.98. The van der Waals surface area contributed by atoms with E-state index in [1.165, 1.54) is 0 Å². The SMILES string of the molecule is CCN1CCN(CCC#N)CC1C. The number of hydrogen-bond donors (Lipinski definition) is 0. The van der Waals surface area contributed by atoms with E-state index in [0.29, 0.717) is 12.5 Å². The summed E-state index contributed by atoms with van der Waals surface area (Å²) >= 11 is 0. The maximum absolute atomic E-state index is 8.47. The van der Waals surface area contributed by atoms with Gasteiger partial charge < -0.3 is 0 Å². The molecule has 1 saturated heterocycles. The minimum atomic E-state index is 0.650. The Bertz CT molecular complexity index is 185. The van der Waals surface area contributed by atoms with Gasteiger partial charge in [-0.1, -0.05) is 6.92 Å². The van der Waals surface area contributed by atoms with E-state index in [0.717, 1.165) is 32.7 Å². The molecule has 0 amide bonds. The molecule has 1 aliphatic heterocycles. The lowest BCUT2D eigenvalue weighted by Gasteiger charge is -2.39. The molecule has 1 aliphatic rings. The van der Waals surface area contributed by atoms with E-state index in [-0.39, 0.29) is 0 Å². The molecule has 13 heavy (non-hydrogen) atoms. The third-order valence-electron chi connectivity index (χ3n) is 2.80. The second kappa shape index (κ2) is 5.21. The smallest absolute Gasteiger partial charge is 0.0635 e. The summed E-state index contributed by atoms with van der Waals surface area (Å²) in [6.45, 7) is 9.97. The second-order valence-electron chi connectivity index (χ2n) is 3.69. The van der Waals surface area contributed by atoms with Gasteiger partial charge >= 0.3 is 0 Å². The van der Waals surface area contributed by atoms with Gasteiger partial charge in [0, 0.05) is 38.6 Å². The predicted octanol–water partition coefficient (Wildman–Crippen LogP) is 0.926. The highest BCUT2D eigenvalue weighted by molar-refractivity contribution is 4.80. The lowest BCUT2D eigenvalue weighted by atomic mass is 10.2. The highest BCUT2D eigenvalue weighted by atomic mass is 15.3. The Kier molecular flexibility index (Phi) is 4.20. The van der Waals surface area contributed by atoms with Crippen LogP contribution in [0.5, 0.6) is 0 Å². The fraction of sp³-hybridized carbons (Fsp3) is 0.900. The van der Waals surface area contributed by atoms with Crippen LogP contribution < -0.4 is 0 Å². The molecule has 3 heteroatoms. The molecule has 1 unspecified atom stereocenters. The van der Waals surface area contributed by atoms with Crippen LogP contribution in [0.3, 0.4) is 0 Å².